The summed E-state index contributed by atoms with van der Waals surface area (Å²) >= 11 is 0. The van der Waals surface area contributed by atoms with Gasteiger partial charge in [-0.3, -0.25) is 19.7 Å². The standard InChI is InChI=1S/C22H34N2O8Si/c1-21(2,3)33(7,8)32-24-17(13-19(25)29-6)18(14-22(4,5)31-24)30-20(26)15-9-11-16(12-10-15)23(27)28/h9-12,17-18H,13-14H2,1-8H3/t17?,18-/m0/s1. The molecular formula is C22H34N2O8Si. The Hall–Kier alpha value is -2.34. The zero-order valence-electron chi connectivity index (χ0n) is 20.5. The summed E-state index contributed by atoms with van der Waals surface area (Å²) in [5.74, 6) is -1.15. The first kappa shape index (κ1) is 26.9. The van der Waals surface area contributed by atoms with Crippen LogP contribution in [0.2, 0.25) is 18.1 Å². The Morgan fingerprint density at radius 2 is 1.82 bits per heavy atom. The van der Waals surface area contributed by atoms with Crippen LogP contribution in [0.5, 0.6) is 0 Å². The van der Waals surface area contributed by atoms with Crippen LogP contribution in [0, 0.1) is 10.1 Å². The van der Waals surface area contributed by atoms with Crippen LogP contribution in [0.15, 0.2) is 24.3 Å². The first-order valence-corrected chi connectivity index (χ1v) is 13.7. The lowest BCUT2D eigenvalue weighted by Crippen LogP contribution is -2.60. The minimum absolute atomic E-state index is 0.112. The Labute approximate surface area is 195 Å². The molecule has 2 rings (SSSR count). The van der Waals surface area contributed by atoms with Crippen LogP contribution in [-0.2, 0) is 23.6 Å². The molecule has 0 aliphatic carbocycles. The van der Waals surface area contributed by atoms with Crippen molar-refractivity contribution < 1.29 is 33.4 Å². The summed E-state index contributed by atoms with van der Waals surface area (Å²) in [6, 6.07) is 4.42. The predicted molar refractivity (Wildman–Crippen MR) is 123 cm³/mol. The lowest BCUT2D eigenvalue weighted by molar-refractivity contribution is -0.419. The van der Waals surface area contributed by atoms with Crippen LogP contribution in [0.3, 0.4) is 0 Å². The lowest BCUT2D eigenvalue weighted by Gasteiger charge is -2.49. The Morgan fingerprint density at radius 3 is 2.30 bits per heavy atom. The van der Waals surface area contributed by atoms with Gasteiger partial charge in [-0.05, 0) is 44.1 Å². The zero-order valence-corrected chi connectivity index (χ0v) is 21.5. The second-order valence-electron chi connectivity index (χ2n) is 10.3. The van der Waals surface area contributed by atoms with E-state index in [9.17, 15) is 19.7 Å². The topological polar surface area (TPSA) is 117 Å². The van der Waals surface area contributed by atoms with E-state index in [1.165, 1.54) is 36.6 Å². The number of hydrogen-bond acceptors (Lipinski definition) is 9. The van der Waals surface area contributed by atoms with Crippen molar-refractivity contribution >= 4 is 25.9 Å². The number of methoxy groups -OCH3 is 1. The number of nitrogens with zero attached hydrogens (tertiary/aromatic N) is 2. The molecule has 184 valence electrons. The highest BCUT2D eigenvalue weighted by Crippen LogP contribution is 2.41. The van der Waals surface area contributed by atoms with Crippen LogP contribution in [0.4, 0.5) is 5.69 Å². The molecule has 0 spiro atoms. The molecule has 2 atom stereocenters. The van der Waals surface area contributed by atoms with Gasteiger partial charge in [-0.1, -0.05) is 26.0 Å². The van der Waals surface area contributed by atoms with Gasteiger partial charge in [0.05, 0.1) is 29.6 Å². The Balaban J connectivity index is 2.34. The molecule has 1 aliphatic rings. The molecule has 1 unspecified atom stereocenters. The number of carbonyl (C=O) groups excluding carboxylic acids is 2. The SMILES string of the molecule is COC(=O)CC1[C@@H](OC(=O)c2ccc([N+](=O)[O-])cc2)CC(C)(C)ON1O[Si](C)(C)C(C)(C)C. The van der Waals surface area contributed by atoms with Gasteiger partial charge in [-0.15, -0.1) is 0 Å². The number of nitro benzene ring substituents is 1. The number of non-ortho nitro benzene ring substituents is 1. The van der Waals surface area contributed by atoms with Crippen LogP contribution in [-0.4, -0.2) is 55.3 Å². The molecule has 0 bridgehead atoms. The summed E-state index contributed by atoms with van der Waals surface area (Å²) in [5, 5.41) is 12.1. The van der Waals surface area contributed by atoms with Crippen molar-refractivity contribution in [1.29, 1.82) is 0 Å². The van der Waals surface area contributed by atoms with Crippen molar-refractivity contribution in [3.63, 3.8) is 0 Å². The van der Waals surface area contributed by atoms with Crippen molar-refractivity contribution in [3.05, 3.63) is 39.9 Å². The van der Waals surface area contributed by atoms with Gasteiger partial charge in [0.25, 0.3) is 5.69 Å². The molecule has 1 aromatic rings. The second kappa shape index (κ2) is 9.88. The highest BCUT2D eigenvalue weighted by Gasteiger charge is 2.49. The van der Waals surface area contributed by atoms with E-state index in [4.69, 9.17) is 18.8 Å². The zero-order chi connectivity index (χ0) is 25.2. The largest absolute Gasteiger partial charge is 0.469 e. The number of carbonyl (C=O) groups is 2. The number of esters is 2. The summed E-state index contributed by atoms with van der Waals surface area (Å²) < 4.78 is 17.0. The smallest absolute Gasteiger partial charge is 0.338 e. The van der Waals surface area contributed by atoms with Crippen molar-refractivity contribution in [2.45, 2.75) is 83.3 Å². The molecule has 10 nitrogen and oxygen atoms in total. The predicted octanol–water partition coefficient (Wildman–Crippen LogP) is 4.40. The molecule has 33 heavy (non-hydrogen) atoms. The van der Waals surface area contributed by atoms with Gasteiger partial charge in [0.15, 0.2) is 0 Å². The number of hydroxylamine groups is 2. The maximum Gasteiger partial charge on any atom is 0.338 e. The van der Waals surface area contributed by atoms with Gasteiger partial charge in [-0.25, -0.2) is 4.79 Å². The molecule has 0 aromatic heterocycles. The summed E-state index contributed by atoms with van der Waals surface area (Å²) in [7, 11) is -1.08. The molecule has 1 aliphatic heterocycles. The molecular weight excluding hydrogens is 448 g/mol. The summed E-state index contributed by atoms with van der Waals surface area (Å²) in [4.78, 5) is 41.5. The maximum absolute atomic E-state index is 12.9. The van der Waals surface area contributed by atoms with Gasteiger partial charge in [0.1, 0.15) is 12.1 Å². The van der Waals surface area contributed by atoms with Crippen LogP contribution < -0.4 is 0 Å². The highest BCUT2D eigenvalue weighted by molar-refractivity contribution is 6.74. The second-order valence-corrected chi connectivity index (χ2v) is 15.0. The maximum atomic E-state index is 12.9. The monoisotopic (exact) mass is 482 g/mol. The molecule has 1 aromatic carbocycles. The van der Waals surface area contributed by atoms with Crippen LogP contribution >= 0.6 is 0 Å². The molecule has 0 amide bonds. The van der Waals surface area contributed by atoms with E-state index in [1.807, 2.05) is 26.9 Å². The molecule has 11 heteroatoms. The number of hydrogen-bond donors (Lipinski definition) is 0. The average Bonchev–Trinajstić information content (AvgIpc) is 2.68. The molecule has 1 fully saturated rings. The van der Waals surface area contributed by atoms with E-state index in [0.29, 0.717) is 6.42 Å². The average molecular weight is 483 g/mol. The van der Waals surface area contributed by atoms with Gasteiger partial charge >= 0.3 is 11.9 Å². The fourth-order valence-corrected chi connectivity index (χ4v) is 3.95. The molecule has 1 saturated heterocycles. The summed E-state index contributed by atoms with van der Waals surface area (Å²) in [6.07, 6.45) is -0.551. The first-order chi connectivity index (χ1) is 15.1. The van der Waals surface area contributed by atoms with Gasteiger partial charge in [0, 0.05) is 18.6 Å². The molecule has 0 saturated carbocycles. The van der Waals surface area contributed by atoms with Crippen LogP contribution in [0.1, 0.15) is 57.8 Å². The van der Waals surface area contributed by atoms with E-state index in [0.717, 1.165) is 0 Å². The van der Waals surface area contributed by atoms with Crippen molar-refractivity contribution in [3.8, 4) is 0 Å². The Bertz CT molecular complexity index is 879. The minimum atomic E-state index is -2.36. The highest BCUT2D eigenvalue weighted by atomic mass is 28.4. The Kier molecular flexibility index (Phi) is 8.05. The van der Waals surface area contributed by atoms with E-state index >= 15 is 0 Å². The molecule has 0 N–H and O–H groups in total. The van der Waals surface area contributed by atoms with Crippen LogP contribution in [0.25, 0.3) is 0 Å². The fourth-order valence-electron chi connectivity index (χ4n) is 3.06. The van der Waals surface area contributed by atoms with E-state index in [2.05, 4.69) is 20.8 Å². The number of rotatable bonds is 7. The van der Waals surface area contributed by atoms with E-state index < -0.39 is 42.9 Å². The third-order valence-corrected chi connectivity index (χ3v) is 10.3. The normalized spacial score (nSPS) is 21.3. The van der Waals surface area contributed by atoms with Gasteiger partial charge < -0.3 is 14.0 Å². The van der Waals surface area contributed by atoms with Crippen molar-refractivity contribution in [2.75, 3.05) is 7.11 Å². The lowest BCUT2D eigenvalue weighted by atomic mass is 9.93. The number of nitro groups is 1. The number of benzene rings is 1. The Morgan fingerprint density at radius 1 is 1.24 bits per heavy atom. The summed E-state index contributed by atoms with van der Waals surface area (Å²) in [5.41, 5.74) is -0.704. The quantitative estimate of drug-likeness (QED) is 0.241. The van der Waals surface area contributed by atoms with Gasteiger partial charge in [-0.2, -0.15) is 0 Å². The minimum Gasteiger partial charge on any atom is -0.469 e. The fraction of sp³-hybridized carbons (Fsp3) is 0.636. The van der Waals surface area contributed by atoms with E-state index in [-0.39, 0.29) is 22.7 Å². The van der Waals surface area contributed by atoms with Crippen molar-refractivity contribution in [1.82, 2.24) is 5.23 Å². The molecule has 0 radical (unpaired) electrons. The molecule has 1 heterocycles. The van der Waals surface area contributed by atoms with Gasteiger partial charge in [0.2, 0.25) is 8.32 Å². The summed E-state index contributed by atoms with van der Waals surface area (Å²) in [6.45, 7) is 14.0. The number of ether oxygens (including phenoxy) is 2. The third-order valence-electron chi connectivity index (χ3n) is 6.03. The van der Waals surface area contributed by atoms with Crippen molar-refractivity contribution in [2.24, 2.45) is 0 Å². The van der Waals surface area contributed by atoms with E-state index in [1.54, 1.807) is 0 Å². The first-order valence-electron chi connectivity index (χ1n) is 10.8. The third kappa shape index (κ3) is 6.82.